The molecule has 0 atom stereocenters. The topological polar surface area (TPSA) is 63.7 Å². The minimum atomic E-state index is -1.25. The van der Waals surface area contributed by atoms with Crippen LogP contribution in [0.15, 0.2) is 36.0 Å². The van der Waals surface area contributed by atoms with E-state index in [9.17, 15) is 14.4 Å². The Kier molecular flexibility index (Phi) is 3.63. The van der Waals surface area contributed by atoms with E-state index in [1.807, 2.05) is 0 Å². The van der Waals surface area contributed by atoms with Crippen molar-refractivity contribution in [2.24, 2.45) is 0 Å². The molecule has 0 N–H and O–H groups in total. The molecule has 2 amide bonds. The van der Waals surface area contributed by atoms with E-state index in [2.05, 4.69) is 11.4 Å². The smallest absolute Gasteiger partial charge is 0.314 e. The molecule has 0 aliphatic carbocycles. The number of imide groups is 1. The average molecular weight is 242 g/mol. The molecule has 1 fully saturated rings. The summed E-state index contributed by atoms with van der Waals surface area (Å²) in [7, 11) is 0. The second-order valence-electron chi connectivity index (χ2n) is 2.75. The number of carbonyl (C=O) groups is 3. The number of nitrogens with zero attached hydrogens (tertiary/aromatic N) is 1. The van der Waals surface area contributed by atoms with Crippen molar-refractivity contribution in [2.75, 3.05) is 0 Å². The fourth-order valence-corrected chi connectivity index (χ4v) is 1.32. The van der Waals surface area contributed by atoms with Crippen LogP contribution in [0.5, 0.6) is 0 Å². The minimum absolute atomic E-state index is 0.111. The SMILES string of the molecule is C=C/C=C1/C(=O)N(OC(=O)Cl)C(=O)/C1=C/C. The summed E-state index contributed by atoms with van der Waals surface area (Å²) in [5.74, 6) is -1.47. The molecule has 16 heavy (non-hydrogen) atoms. The standard InChI is InChI=1S/C10H8ClNO4/c1-3-5-7-6(4-2)8(13)12(9(7)14)16-10(11)15/h3-5H,1H2,2H3/b6-4+,7-5+. The van der Waals surface area contributed by atoms with Gasteiger partial charge in [0.25, 0.3) is 11.8 Å². The number of halogens is 1. The van der Waals surface area contributed by atoms with Crippen molar-refractivity contribution in [1.82, 2.24) is 5.06 Å². The molecule has 5 nitrogen and oxygen atoms in total. The first-order chi connectivity index (χ1) is 7.52. The van der Waals surface area contributed by atoms with E-state index in [1.165, 1.54) is 18.2 Å². The number of rotatable bonds is 2. The fraction of sp³-hybridized carbons (Fsp3) is 0.100. The summed E-state index contributed by atoms with van der Waals surface area (Å²) in [5.41, 5.74) is -1.000. The zero-order valence-electron chi connectivity index (χ0n) is 8.40. The van der Waals surface area contributed by atoms with Gasteiger partial charge in [0, 0.05) is 11.6 Å². The molecule has 1 saturated heterocycles. The summed E-state index contributed by atoms with van der Waals surface area (Å²) < 4.78 is 0. The van der Waals surface area contributed by atoms with Crippen molar-refractivity contribution in [3.63, 3.8) is 0 Å². The molecule has 6 heteroatoms. The Balaban J connectivity index is 3.16. The Bertz CT molecular complexity index is 436. The molecule has 1 heterocycles. The summed E-state index contributed by atoms with van der Waals surface area (Å²) in [6.45, 7) is 5.01. The number of hydrogen-bond donors (Lipinski definition) is 0. The quantitative estimate of drug-likeness (QED) is 0.419. The van der Waals surface area contributed by atoms with Gasteiger partial charge in [-0.25, -0.2) is 4.79 Å². The fourth-order valence-electron chi connectivity index (χ4n) is 1.25. The lowest BCUT2D eigenvalue weighted by molar-refractivity contribution is -0.167. The Morgan fingerprint density at radius 1 is 1.38 bits per heavy atom. The molecule has 0 spiro atoms. The van der Waals surface area contributed by atoms with Gasteiger partial charge in [-0.1, -0.05) is 23.8 Å². The molecule has 1 aliphatic heterocycles. The van der Waals surface area contributed by atoms with Crippen molar-refractivity contribution in [3.8, 4) is 0 Å². The minimum Gasteiger partial charge on any atom is -0.314 e. The predicted molar refractivity (Wildman–Crippen MR) is 56.2 cm³/mol. The molecule has 0 aromatic heterocycles. The van der Waals surface area contributed by atoms with Crippen LogP contribution in [-0.4, -0.2) is 22.3 Å². The van der Waals surface area contributed by atoms with Gasteiger partial charge in [0.15, 0.2) is 0 Å². The molecular formula is C10H8ClNO4. The molecule has 0 saturated carbocycles. The molecule has 1 rings (SSSR count). The van der Waals surface area contributed by atoms with E-state index >= 15 is 0 Å². The number of hydrogen-bond acceptors (Lipinski definition) is 4. The van der Waals surface area contributed by atoms with Crippen LogP contribution in [0.2, 0.25) is 0 Å². The summed E-state index contributed by atoms with van der Waals surface area (Å²) in [5, 5.41) is 0.319. The maximum atomic E-state index is 11.6. The summed E-state index contributed by atoms with van der Waals surface area (Å²) >= 11 is 4.94. The monoisotopic (exact) mass is 241 g/mol. The highest BCUT2D eigenvalue weighted by Crippen LogP contribution is 2.25. The van der Waals surface area contributed by atoms with Crippen molar-refractivity contribution in [2.45, 2.75) is 6.92 Å². The van der Waals surface area contributed by atoms with Crippen LogP contribution in [-0.2, 0) is 14.4 Å². The van der Waals surface area contributed by atoms with Crippen molar-refractivity contribution < 1.29 is 19.2 Å². The third-order valence-electron chi connectivity index (χ3n) is 1.86. The van der Waals surface area contributed by atoms with Crippen LogP contribution in [0.25, 0.3) is 0 Å². The van der Waals surface area contributed by atoms with Crippen LogP contribution in [0, 0.1) is 0 Å². The number of allylic oxidation sites excluding steroid dienone is 3. The summed E-state index contributed by atoms with van der Waals surface area (Å²) in [4.78, 5) is 38.0. The van der Waals surface area contributed by atoms with Gasteiger partial charge in [-0.15, -0.1) is 0 Å². The highest BCUT2D eigenvalue weighted by Gasteiger charge is 2.41. The Hall–Kier alpha value is -1.88. The predicted octanol–water partition coefficient (Wildman–Crippen LogP) is 1.70. The normalized spacial score (nSPS) is 20.8. The molecule has 1 aliphatic rings. The van der Waals surface area contributed by atoms with Crippen LogP contribution >= 0.6 is 11.6 Å². The van der Waals surface area contributed by atoms with E-state index < -0.39 is 17.2 Å². The maximum absolute atomic E-state index is 11.6. The first-order valence-corrected chi connectivity index (χ1v) is 4.66. The third-order valence-corrected chi connectivity index (χ3v) is 1.93. The first kappa shape index (κ1) is 12.2. The molecule has 84 valence electrons. The van der Waals surface area contributed by atoms with Gasteiger partial charge in [0.2, 0.25) is 0 Å². The second kappa shape index (κ2) is 4.76. The average Bonchev–Trinajstić information content (AvgIpc) is 2.43. The maximum Gasteiger partial charge on any atom is 0.428 e. The lowest BCUT2D eigenvalue weighted by atomic mass is 10.1. The molecule has 0 aromatic carbocycles. The lowest BCUT2D eigenvalue weighted by Crippen LogP contribution is -2.30. The summed E-state index contributed by atoms with van der Waals surface area (Å²) in [6, 6.07) is 0. The molecule has 0 aromatic rings. The zero-order chi connectivity index (χ0) is 12.3. The number of hydroxylamine groups is 2. The third kappa shape index (κ3) is 2.04. The van der Waals surface area contributed by atoms with E-state index in [0.29, 0.717) is 5.06 Å². The second-order valence-corrected chi connectivity index (χ2v) is 3.06. The Morgan fingerprint density at radius 3 is 2.38 bits per heavy atom. The van der Waals surface area contributed by atoms with E-state index in [4.69, 9.17) is 11.6 Å². The number of amides is 2. The van der Waals surface area contributed by atoms with Gasteiger partial charge in [0.05, 0.1) is 11.1 Å². The van der Waals surface area contributed by atoms with Crippen molar-refractivity contribution >= 4 is 28.8 Å². The lowest BCUT2D eigenvalue weighted by Gasteiger charge is -2.08. The largest absolute Gasteiger partial charge is 0.428 e. The van der Waals surface area contributed by atoms with Gasteiger partial charge in [0.1, 0.15) is 0 Å². The highest BCUT2D eigenvalue weighted by molar-refractivity contribution is 6.61. The van der Waals surface area contributed by atoms with Crippen molar-refractivity contribution in [1.29, 1.82) is 0 Å². The molecule has 0 radical (unpaired) electrons. The van der Waals surface area contributed by atoms with E-state index in [-0.39, 0.29) is 11.1 Å². The highest BCUT2D eigenvalue weighted by atomic mass is 35.5. The molecule has 0 unspecified atom stereocenters. The van der Waals surface area contributed by atoms with Gasteiger partial charge in [-0.2, -0.15) is 0 Å². The van der Waals surface area contributed by atoms with Crippen LogP contribution in [0.1, 0.15) is 6.92 Å². The van der Waals surface area contributed by atoms with Crippen LogP contribution in [0.4, 0.5) is 4.79 Å². The van der Waals surface area contributed by atoms with Gasteiger partial charge in [-0.05, 0) is 13.0 Å². The molecular weight excluding hydrogens is 234 g/mol. The van der Waals surface area contributed by atoms with Crippen molar-refractivity contribution in [3.05, 3.63) is 36.0 Å². The van der Waals surface area contributed by atoms with Gasteiger partial charge < -0.3 is 4.84 Å². The Labute approximate surface area is 96.6 Å². The summed E-state index contributed by atoms with van der Waals surface area (Å²) in [6.07, 6.45) is 4.16. The van der Waals surface area contributed by atoms with E-state index in [0.717, 1.165) is 0 Å². The van der Waals surface area contributed by atoms with Gasteiger partial charge >= 0.3 is 5.43 Å². The Morgan fingerprint density at radius 2 is 1.94 bits per heavy atom. The zero-order valence-corrected chi connectivity index (χ0v) is 9.15. The van der Waals surface area contributed by atoms with Crippen LogP contribution < -0.4 is 0 Å². The van der Waals surface area contributed by atoms with E-state index in [1.54, 1.807) is 6.92 Å². The number of carbonyl (C=O) groups excluding carboxylic acids is 3. The molecule has 0 bridgehead atoms. The first-order valence-electron chi connectivity index (χ1n) is 4.28. The van der Waals surface area contributed by atoms with Gasteiger partial charge in [-0.3, -0.25) is 9.59 Å². The van der Waals surface area contributed by atoms with Crippen LogP contribution in [0.3, 0.4) is 0 Å².